The monoisotopic (exact) mass is 241 g/mol. The quantitative estimate of drug-likeness (QED) is 0.795. The molecule has 0 aromatic heterocycles. The van der Waals surface area contributed by atoms with Crippen molar-refractivity contribution in [2.24, 2.45) is 17.3 Å². The van der Waals surface area contributed by atoms with Gasteiger partial charge in [-0.1, -0.05) is 27.7 Å². The van der Waals surface area contributed by atoms with Gasteiger partial charge in [0.1, 0.15) is 0 Å². The zero-order valence-electron chi connectivity index (χ0n) is 11.8. The van der Waals surface area contributed by atoms with Gasteiger partial charge in [0.2, 0.25) is 0 Å². The molecule has 0 bridgehead atoms. The van der Waals surface area contributed by atoms with Gasteiger partial charge in [0.15, 0.2) is 0 Å². The summed E-state index contributed by atoms with van der Waals surface area (Å²) in [4.78, 5) is 11.3. The molecule has 3 heteroatoms. The van der Waals surface area contributed by atoms with E-state index in [0.717, 1.165) is 19.3 Å². The number of hydrogen-bond donors (Lipinski definition) is 2. The van der Waals surface area contributed by atoms with Crippen molar-refractivity contribution in [3.05, 3.63) is 0 Å². The highest BCUT2D eigenvalue weighted by molar-refractivity contribution is 5.71. The lowest BCUT2D eigenvalue weighted by molar-refractivity contribution is -0.150. The molecular weight excluding hydrogens is 214 g/mol. The lowest BCUT2D eigenvalue weighted by atomic mass is 9.61. The second kappa shape index (κ2) is 5.38. The van der Waals surface area contributed by atoms with Crippen LogP contribution in [0.5, 0.6) is 0 Å². The minimum atomic E-state index is -0.635. The average molecular weight is 241 g/mol. The third-order valence-electron chi connectivity index (χ3n) is 4.85. The van der Waals surface area contributed by atoms with Gasteiger partial charge in [-0.3, -0.25) is 4.79 Å². The predicted octanol–water partition coefficient (Wildman–Crippen LogP) is 2.90. The molecule has 17 heavy (non-hydrogen) atoms. The Morgan fingerprint density at radius 2 is 2.06 bits per heavy atom. The fourth-order valence-corrected chi connectivity index (χ4v) is 2.96. The number of aliphatic carboxylic acids is 1. The maximum atomic E-state index is 11.3. The predicted molar refractivity (Wildman–Crippen MR) is 70.0 cm³/mol. The molecular formula is C14H27NO2. The molecule has 0 aromatic rings. The lowest BCUT2D eigenvalue weighted by Crippen LogP contribution is -2.52. The first-order chi connectivity index (χ1) is 7.80. The minimum Gasteiger partial charge on any atom is -0.481 e. The molecule has 0 saturated heterocycles. The van der Waals surface area contributed by atoms with Crippen molar-refractivity contribution in [3.63, 3.8) is 0 Å². The fraction of sp³-hybridized carbons (Fsp3) is 0.929. The van der Waals surface area contributed by atoms with Crippen LogP contribution in [0.4, 0.5) is 0 Å². The van der Waals surface area contributed by atoms with Gasteiger partial charge < -0.3 is 10.4 Å². The van der Waals surface area contributed by atoms with Crippen LogP contribution in [0.3, 0.4) is 0 Å². The Morgan fingerprint density at radius 3 is 2.53 bits per heavy atom. The van der Waals surface area contributed by atoms with E-state index < -0.39 is 5.97 Å². The van der Waals surface area contributed by atoms with Gasteiger partial charge >= 0.3 is 5.97 Å². The van der Waals surface area contributed by atoms with Crippen molar-refractivity contribution in [3.8, 4) is 0 Å². The molecule has 100 valence electrons. The van der Waals surface area contributed by atoms with Crippen LogP contribution < -0.4 is 5.32 Å². The molecule has 1 saturated carbocycles. The van der Waals surface area contributed by atoms with Gasteiger partial charge in [-0.2, -0.15) is 0 Å². The molecule has 0 aliphatic heterocycles. The van der Waals surface area contributed by atoms with Crippen molar-refractivity contribution in [1.82, 2.24) is 5.32 Å². The average Bonchev–Trinajstić information content (AvgIpc) is 2.24. The summed E-state index contributed by atoms with van der Waals surface area (Å²) in [6, 6.07) is 0.968. The largest absolute Gasteiger partial charge is 0.481 e. The minimum absolute atomic E-state index is 0.130. The molecule has 1 aliphatic carbocycles. The maximum Gasteiger partial charge on any atom is 0.307 e. The highest BCUT2D eigenvalue weighted by Crippen LogP contribution is 2.45. The second-order valence-corrected chi connectivity index (χ2v) is 6.16. The molecule has 0 amide bonds. The van der Waals surface area contributed by atoms with Crippen LogP contribution in [-0.2, 0) is 4.79 Å². The Kier molecular flexibility index (Phi) is 4.59. The van der Waals surface area contributed by atoms with E-state index in [1.807, 2.05) is 0 Å². The molecule has 3 nitrogen and oxygen atoms in total. The first-order valence-corrected chi connectivity index (χ1v) is 6.79. The number of carbonyl (C=O) groups is 1. The van der Waals surface area contributed by atoms with Crippen LogP contribution in [-0.4, -0.2) is 23.2 Å². The van der Waals surface area contributed by atoms with Crippen LogP contribution >= 0.6 is 0 Å². The van der Waals surface area contributed by atoms with Gasteiger partial charge in [0.05, 0.1) is 5.92 Å². The van der Waals surface area contributed by atoms with Gasteiger partial charge in [-0.05, 0) is 37.5 Å². The van der Waals surface area contributed by atoms with E-state index in [1.54, 1.807) is 0 Å². The number of carboxylic acids is 1. The summed E-state index contributed by atoms with van der Waals surface area (Å²) in [6.07, 6.45) is 2.89. The molecule has 0 aromatic carbocycles. The Labute approximate surface area is 105 Å². The molecule has 4 unspecified atom stereocenters. The van der Waals surface area contributed by atoms with Gasteiger partial charge in [-0.25, -0.2) is 0 Å². The third kappa shape index (κ3) is 3.01. The van der Waals surface area contributed by atoms with Crippen molar-refractivity contribution in [2.45, 2.75) is 66.0 Å². The zero-order chi connectivity index (χ0) is 13.2. The van der Waals surface area contributed by atoms with Crippen molar-refractivity contribution in [2.75, 3.05) is 0 Å². The zero-order valence-corrected chi connectivity index (χ0v) is 11.8. The van der Waals surface area contributed by atoms with Gasteiger partial charge in [-0.15, -0.1) is 0 Å². The smallest absolute Gasteiger partial charge is 0.307 e. The lowest BCUT2D eigenvalue weighted by Gasteiger charge is -2.47. The van der Waals surface area contributed by atoms with Gasteiger partial charge in [0, 0.05) is 12.1 Å². The van der Waals surface area contributed by atoms with Crippen LogP contribution in [0, 0.1) is 17.3 Å². The summed E-state index contributed by atoms with van der Waals surface area (Å²) in [6.45, 7) is 10.8. The Balaban J connectivity index is 2.74. The molecule has 0 heterocycles. The van der Waals surface area contributed by atoms with Crippen molar-refractivity contribution in [1.29, 1.82) is 0 Å². The van der Waals surface area contributed by atoms with Crippen LogP contribution in [0.2, 0.25) is 0 Å². The summed E-state index contributed by atoms with van der Waals surface area (Å²) < 4.78 is 0. The SMILES string of the molecule is CCC(C)NC1CCC(C(=O)O)C(C)(C)C1C. The molecule has 1 fully saturated rings. The third-order valence-corrected chi connectivity index (χ3v) is 4.85. The van der Waals surface area contributed by atoms with E-state index >= 15 is 0 Å². The Morgan fingerprint density at radius 1 is 1.47 bits per heavy atom. The molecule has 0 radical (unpaired) electrons. The summed E-state index contributed by atoms with van der Waals surface area (Å²) in [5.41, 5.74) is -0.130. The van der Waals surface area contributed by atoms with E-state index in [2.05, 4.69) is 39.9 Å². The van der Waals surface area contributed by atoms with E-state index in [9.17, 15) is 9.90 Å². The summed E-state index contributed by atoms with van der Waals surface area (Å²) in [7, 11) is 0. The molecule has 1 rings (SSSR count). The maximum absolute atomic E-state index is 11.3. The van der Waals surface area contributed by atoms with E-state index in [4.69, 9.17) is 0 Å². The topological polar surface area (TPSA) is 49.3 Å². The number of rotatable bonds is 4. The van der Waals surface area contributed by atoms with E-state index in [1.165, 1.54) is 0 Å². The van der Waals surface area contributed by atoms with Crippen molar-refractivity contribution < 1.29 is 9.90 Å². The number of nitrogens with one attached hydrogen (secondary N) is 1. The highest BCUT2D eigenvalue weighted by atomic mass is 16.4. The fourth-order valence-electron chi connectivity index (χ4n) is 2.96. The Bertz CT molecular complexity index is 275. The molecule has 1 aliphatic rings. The van der Waals surface area contributed by atoms with Crippen LogP contribution in [0.1, 0.15) is 53.9 Å². The van der Waals surface area contributed by atoms with Crippen molar-refractivity contribution >= 4 is 5.97 Å². The first-order valence-electron chi connectivity index (χ1n) is 6.79. The highest BCUT2D eigenvalue weighted by Gasteiger charge is 2.46. The van der Waals surface area contributed by atoms with Gasteiger partial charge in [0.25, 0.3) is 0 Å². The van der Waals surface area contributed by atoms with E-state index in [0.29, 0.717) is 18.0 Å². The Hall–Kier alpha value is -0.570. The number of carboxylic acid groups (broad SMARTS) is 1. The number of hydrogen-bond acceptors (Lipinski definition) is 2. The summed E-state index contributed by atoms with van der Waals surface area (Å²) in [5.74, 6) is -0.442. The molecule has 2 N–H and O–H groups in total. The standard InChI is InChI=1S/C14H27NO2/c1-6-9(2)15-12-8-7-11(13(16)17)14(4,5)10(12)3/h9-12,15H,6-8H2,1-5H3,(H,16,17). The summed E-state index contributed by atoms with van der Waals surface area (Å²) in [5, 5.41) is 12.9. The first kappa shape index (κ1) is 14.5. The summed E-state index contributed by atoms with van der Waals surface area (Å²) >= 11 is 0. The molecule has 4 atom stereocenters. The normalized spacial score (nSPS) is 34.3. The second-order valence-electron chi connectivity index (χ2n) is 6.16. The van der Waals surface area contributed by atoms with E-state index in [-0.39, 0.29) is 11.3 Å². The van der Waals surface area contributed by atoms with Crippen LogP contribution in [0.15, 0.2) is 0 Å². The molecule has 0 spiro atoms. The van der Waals surface area contributed by atoms with Crippen LogP contribution in [0.25, 0.3) is 0 Å².